The maximum atomic E-state index is 13.5. The van der Waals surface area contributed by atoms with Crippen molar-refractivity contribution in [1.29, 1.82) is 0 Å². The number of allylic oxidation sites excluding steroid dienone is 2. The van der Waals surface area contributed by atoms with Crippen LogP contribution in [0.4, 0.5) is 11.4 Å². The highest BCUT2D eigenvalue weighted by atomic mass is 16.1. The summed E-state index contributed by atoms with van der Waals surface area (Å²) < 4.78 is 0. The number of rotatable bonds is 1. The molecule has 0 fully saturated rings. The monoisotopic (exact) mass is 400 g/mol. The summed E-state index contributed by atoms with van der Waals surface area (Å²) in [6.45, 7) is 17.0. The highest BCUT2D eigenvalue weighted by Crippen LogP contribution is 2.45. The van der Waals surface area contributed by atoms with Crippen LogP contribution in [0.25, 0.3) is 0 Å². The van der Waals surface area contributed by atoms with E-state index in [1.807, 2.05) is 6.92 Å². The SMILES string of the molecule is CC1=C2Cc3c(C)c(N(C)C)c(C)c(C)c3N=C2c2c(C)c(C)c(C)c(C)c2C1=O. The summed E-state index contributed by atoms with van der Waals surface area (Å²) in [6, 6.07) is 0. The number of Topliss-reactive ketones (excluding diaryl/α,β-unsaturated/α-hetero) is 1. The van der Waals surface area contributed by atoms with Gasteiger partial charge in [0, 0.05) is 42.9 Å². The fourth-order valence-electron chi connectivity index (χ4n) is 5.40. The quantitative estimate of drug-likeness (QED) is 0.579. The minimum Gasteiger partial charge on any atom is -0.377 e. The van der Waals surface area contributed by atoms with Gasteiger partial charge in [0.2, 0.25) is 0 Å². The Morgan fingerprint density at radius 1 is 0.700 bits per heavy atom. The number of nitrogens with zero attached hydrogens (tertiary/aromatic N) is 2. The number of fused-ring (bicyclic) bond motifs is 4. The third-order valence-corrected chi connectivity index (χ3v) is 7.62. The second-order valence-electron chi connectivity index (χ2n) is 9.27. The van der Waals surface area contributed by atoms with Crippen molar-refractivity contribution >= 4 is 22.9 Å². The zero-order valence-corrected chi connectivity index (χ0v) is 20.0. The lowest BCUT2D eigenvalue weighted by molar-refractivity contribution is 0.103. The molecule has 0 radical (unpaired) electrons. The summed E-state index contributed by atoms with van der Waals surface area (Å²) in [5.74, 6) is 0.167. The van der Waals surface area contributed by atoms with Crippen LogP contribution < -0.4 is 4.90 Å². The Labute approximate surface area is 180 Å². The van der Waals surface area contributed by atoms with Gasteiger partial charge in [0.1, 0.15) is 0 Å². The number of hydrogen-bond donors (Lipinski definition) is 0. The third kappa shape index (κ3) is 2.50. The first-order valence-corrected chi connectivity index (χ1v) is 10.7. The summed E-state index contributed by atoms with van der Waals surface area (Å²) in [5, 5.41) is 0. The molecule has 1 aliphatic heterocycles. The van der Waals surface area contributed by atoms with E-state index in [0.29, 0.717) is 0 Å². The molecule has 1 heterocycles. The maximum absolute atomic E-state index is 13.5. The largest absolute Gasteiger partial charge is 0.377 e. The normalized spacial score (nSPS) is 15.0. The predicted molar refractivity (Wildman–Crippen MR) is 127 cm³/mol. The Morgan fingerprint density at radius 3 is 1.83 bits per heavy atom. The number of hydrogen-bond acceptors (Lipinski definition) is 3. The molecule has 0 saturated carbocycles. The van der Waals surface area contributed by atoms with Crippen molar-refractivity contribution in [3.63, 3.8) is 0 Å². The molecule has 3 nitrogen and oxygen atoms in total. The van der Waals surface area contributed by atoms with Gasteiger partial charge in [-0.05, 0) is 105 Å². The number of aliphatic imine (C=N–C) groups is 1. The summed E-state index contributed by atoms with van der Waals surface area (Å²) in [6.07, 6.45) is 0.768. The van der Waals surface area contributed by atoms with Crippen molar-refractivity contribution in [3.05, 3.63) is 66.8 Å². The number of benzene rings is 2. The molecule has 0 atom stereocenters. The molecule has 0 spiro atoms. The number of anilines is 1. The topological polar surface area (TPSA) is 32.7 Å². The lowest BCUT2D eigenvalue weighted by atomic mass is 9.74. The van der Waals surface area contributed by atoms with Crippen molar-refractivity contribution in [3.8, 4) is 0 Å². The number of carbonyl (C=O) groups is 1. The predicted octanol–water partition coefficient (Wildman–Crippen LogP) is 6.10. The van der Waals surface area contributed by atoms with E-state index in [-0.39, 0.29) is 5.78 Å². The average molecular weight is 401 g/mol. The molecule has 2 aromatic carbocycles. The van der Waals surface area contributed by atoms with Crippen LogP contribution in [-0.2, 0) is 6.42 Å². The maximum Gasteiger partial charge on any atom is 0.190 e. The van der Waals surface area contributed by atoms with E-state index >= 15 is 0 Å². The smallest absolute Gasteiger partial charge is 0.190 e. The fraction of sp³-hybridized carbons (Fsp3) is 0.407. The van der Waals surface area contributed by atoms with Crippen LogP contribution >= 0.6 is 0 Å². The number of carbonyl (C=O) groups excluding carboxylic acids is 1. The van der Waals surface area contributed by atoms with E-state index < -0.39 is 0 Å². The summed E-state index contributed by atoms with van der Waals surface area (Å²) in [5.41, 5.74) is 17.0. The molecule has 0 amide bonds. The second kappa shape index (κ2) is 6.66. The van der Waals surface area contributed by atoms with Gasteiger partial charge in [0.15, 0.2) is 5.78 Å². The molecular weight excluding hydrogens is 368 g/mol. The van der Waals surface area contributed by atoms with Crippen molar-refractivity contribution in [2.24, 2.45) is 4.99 Å². The van der Waals surface area contributed by atoms with E-state index in [0.717, 1.165) is 45.7 Å². The van der Waals surface area contributed by atoms with Crippen LogP contribution in [0.5, 0.6) is 0 Å². The van der Waals surface area contributed by atoms with E-state index in [1.54, 1.807) is 0 Å². The van der Waals surface area contributed by atoms with Gasteiger partial charge in [-0.2, -0.15) is 0 Å². The van der Waals surface area contributed by atoms with Crippen LogP contribution in [-0.4, -0.2) is 25.6 Å². The molecule has 0 N–H and O–H groups in total. The Morgan fingerprint density at radius 2 is 1.27 bits per heavy atom. The minimum atomic E-state index is 0.167. The third-order valence-electron chi connectivity index (χ3n) is 7.62. The molecular formula is C27H32N2O. The van der Waals surface area contributed by atoms with E-state index in [4.69, 9.17) is 4.99 Å². The van der Waals surface area contributed by atoms with E-state index in [1.165, 1.54) is 44.6 Å². The molecule has 30 heavy (non-hydrogen) atoms. The molecule has 0 bridgehead atoms. The van der Waals surface area contributed by atoms with Crippen molar-refractivity contribution in [2.75, 3.05) is 19.0 Å². The van der Waals surface area contributed by atoms with E-state index in [9.17, 15) is 4.79 Å². The van der Waals surface area contributed by atoms with Gasteiger partial charge >= 0.3 is 0 Å². The van der Waals surface area contributed by atoms with Crippen LogP contribution in [0, 0.1) is 48.5 Å². The molecule has 0 unspecified atom stereocenters. The molecule has 1 aliphatic carbocycles. The van der Waals surface area contributed by atoms with Gasteiger partial charge in [-0.3, -0.25) is 4.79 Å². The first-order valence-electron chi connectivity index (χ1n) is 10.7. The lowest BCUT2D eigenvalue weighted by Crippen LogP contribution is -2.28. The Kier molecular flexibility index (Phi) is 4.57. The molecule has 4 rings (SSSR count). The van der Waals surface area contributed by atoms with Crippen molar-refractivity contribution in [2.45, 2.75) is 61.8 Å². The highest BCUT2D eigenvalue weighted by Gasteiger charge is 2.36. The zero-order valence-electron chi connectivity index (χ0n) is 20.0. The Hall–Kier alpha value is -2.68. The molecule has 156 valence electrons. The van der Waals surface area contributed by atoms with Crippen LogP contribution in [0.2, 0.25) is 0 Å². The first-order chi connectivity index (χ1) is 14.0. The second-order valence-corrected chi connectivity index (χ2v) is 9.27. The highest BCUT2D eigenvalue weighted by molar-refractivity contribution is 6.30. The van der Waals surface area contributed by atoms with Gasteiger partial charge < -0.3 is 4.90 Å². The molecule has 0 saturated heterocycles. The standard InChI is InChI=1S/C27H32N2O/c1-12-13(2)15(4)23-22(14(12)3)25-21(19(8)27(23)30)11-20-18(7)26(29(9)10)17(6)16(5)24(20)28-25/h11H2,1-10H3. The molecule has 2 aliphatic rings. The first kappa shape index (κ1) is 20.6. The average Bonchev–Trinajstić information content (AvgIpc) is 2.70. The fourth-order valence-corrected chi connectivity index (χ4v) is 5.40. The molecule has 0 aromatic heterocycles. The summed E-state index contributed by atoms with van der Waals surface area (Å²) in [7, 11) is 4.20. The van der Waals surface area contributed by atoms with Crippen LogP contribution in [0.1, 0.15) is 67.4 Å². The van der Waals surface area contributed by atoms with Gasteiger partial charge in [-0.1, -0.05) is 0 Å². The molecule has 2 aromatic rings. The van der Waals surface area contributed by atoms with Crippen molar-refractivity contribution < 1.29 is 4.79 Å². The van der Waals surface area contributed by atoms with Crippen LogP contribution in [0.3, 0.4) is 0 Å². The Bertz CT molecular complexity index is 1220. The van der Waals surface area contributed by atoms with Crippen LogP contribution in [0.15, 0.2) is 16.1 Å². The van der Waals surface area contributed by atoms with Gasteiger partial charge in [0.05, 0.1) is 11.4 Å². The van der Waals surface area contributed by atoms with Gasteiger partial charge in [-0.25, -0.2) is 4.99 Å². The zero-order chi connectivity index (χ0) is 22.2. The minimum absolute atomic E-state index is 0.167. The number of ketones is 1. The van der Waals surface area contributed by atoms with Crippen molar-refractivity contribution in [1.82, 2.24) is 0 Å². The van der Waals surface area contributed by atoms with E-state index in [2.05, 4.69) is 67.5 Å². The van der Waals surface area contributed by atoms with Gasteiger partial charge in [0.25, 0.3) is 0 Å². The van der Waals surface area contributed by atoms with Gasteiger partial charge in [-0.15, -0.1) is 0 Å². The summed E-state index contributed by atoms with van der Waals surface area (Å²) in [4.78, 5) is 20.9. The molecule has 3 heteroatoms. The summed E-state index contributed by atoms with van der Waals surface area (Å²) >= 11 is 0. The lowest BCUT2D eigenvalue weighted by Gasteiger charge is -2.33. The Balaban J connectivity index is 2.14.